The molecule has 3 nitrogen and oxygen atoms in total. The molecule has 0 amide bonds. The molecule has 88 valence electrons. The number of benzene rings is 1. The van der Waals surface area contributed by atoms with Crippen molar-refractivity contribution < 1.29 is 9.57 Å². The Morgan fingerprint density at radius 3 is 2.81 bits per heavy atom. The monoisotopic (exact) mass is 241 g/mol. The fourth-order valence-electron chi connectivity index (χ4n) is 1.66. The molecule has 1 aliphatic heterocycles. The van der Waals surface area contributed by atoms with Crippen LogP contribution in [0.1, 0.15) is 25.2 Å². The number of nitrogens with zero attached hydrogens (tertiary/aromatic N) is 1. The summed E-state index contributed by atoms with van der Waals surface area (Å²) in [7, 11) is 0. The van der Waals surface area contributed by atoms with Crippen molar-refractivity contribution in [2.75, 3.05) is 19.7 Å². The van der Waals surface area contributed by atoms with Crippen molar-refractivity contribution in [1.29, 1.82) is 0 Å². The van der Waals surface area contributed by atoms with E-state index in [2.05, 4.69) is 6.92 Å². The molecule has 0 N–H and O–H groups in total. The average Bonchev–Trinajstić information content (AvgIpc) is 2.55. The van der Waals surface area contributed by atoms with Crippen LogP contribution in [-0.4, -0.2) is 24.8 Å². The highest BCUT2D eigenvalue weighted by atomic mass is 35.5. The molecule has 4 heteroatoms. The molecule has 1 aromatic carbocycles. The van der Waals surface area contributed by atoms with Crippen molar-refractivity contribution in [2.24, 2.45) is 0 Å². The van der Waals surface area contributed by atoms with E-state index in [4.69, 9.17) is 21.2 Å². The van der Waals surface area contributed by atoms with Gasteiger partial charge in [0.2, 0.25) is 6.29 Å². The zero-order valence-corrected chi connectivity index (χ0v) is 10.1. The topological polar surface area (TPSA) is 21.7 Å². The van der Waals surface area contributed by atoms with E-state index in [0.717, 1.165) is 36.7 Å². The molecule has 0 aromatic heterocycles. The summed E-state index contributed by atoms with van der Waals surface area (Å²) in [5, 5.41) is 2.66. The zero-order chi connectivity index (χ0) is 11.4. The van der Waals surface area contributed by atoms with Crippen molar-refractivity contribution in [3.8, 4) is 0 Å². The van der Waals surface area contributed by atoms with Gasteiger partial charge in [-0.1, -0.05) is 30.7 Å². The third-order valence-corrected chi connectivity index (χ3v) is 2.81. The van der Waals surface area contributed by atoms with Gasteiger partial charge in [0.1, 0.15) is 0 Å². The van der Waals surface area contributed by atoms with Gasteiger partial charge in [-0.05, 0) is 18.6 Å². The Bertz CT molecular complexity index is 328. The van der Waals surface area contributed by atoms with Gasteiger partial charge >= 0.3 is 0 Å². The number of hydrogen-bond donors (Lipinski definition) is 0. The molecule has 0 aliphatic carbocycles. The number of hydrogen-bond acceptors (Lipinski definition) is 3. The summed E-state index contributed by atoms with van der Waals surface area (Å²) in [6.07, 6.45) is 0.692. The molecule has 2 rings (SSSR count). The van der Waals surface area contributed by atoms with Gasteiger partial charge in [-0.25, -0.2) is 0 Å². The van der Waals surface area contributed by atoms with Crippen LogP contribution in [0.3, 0.4) is 0 Å². The van der Waals surface area contributed by atoms with E-state index in [1.165, 1.54) is 0 Å². The van der Waals surface area contributed by atoms with Crippen LogP contribution in [0, 0.1) is 0 Å². The molecular weight excluding hydrogens is 226 g/mol. The Balaban J connectivity index is 2.09. The summed E-state index contributed by atoms with van der Waals surface area (Å²) < 4.78 is 5.65. The predicted octanol–water partition coefficient (Wildman–Crippen LogP) is 3.01. The lowest BCUT2D eigenvalue weighted by molar-refractivity contribution is -0.265. The number of rotatable bonds is 2. The van der Waals surface area contributed by atoms with Gasteiger partial charge in [-0.15, -0.1) is 0 Å². The summed E-state index contributed by atoms with van der Waals surface area (Å²) in [6, 6.07) is 7.58. The van der Waals surface area contributed by atoms with Crippen molar-refractivity contribution in [3.63, 3.8) is 0 Å². The van der Waals surface area contributed by atoms with Crippen LogP contribution < -0.4 is 0 Å². The van der Waals surface area contributed by atoms with Crippen LogP contribution in [0.25, 0.3) is 0 Å². The van der Waals surface area contributed by atoms with Crippen molar-refractivity contribution >= 4 is 11.6 Å². The second-order valence-corrected chi connectivity index (χ2v) is 4.17. The smallest absolute Gasteiger partial charge is 0.203 e. The maximum Gasteiger partial charge on any atom is 0.203 e. The Kier molecular flexibility index (Phi) is 4.18. The molecule has 1 saturated heterocycles. The van der Waals surface area contributed by atoms with Crippen molar-refractivity contribution in [3.05, 3.63) is 34.9 Å². The summed E-state index contributed by atoms with van der Waals surface area (Å²) >= 11 is 5.85. The van der Waals surface area contributed by atoms with Gasteiger partial charge in [-0.3, -0.25) is 4.84 Å². The highest BCUT2D eigenvalue weighted by molar-refractivity contribution is 6.30. The minimum atomic E-state index is -0.306. The summed E-state index contributed by atoms with van der Waals surface area (Å²) in [5.41, 5.74) is 1.00. The molecule has 0 radical (unpaired) electrons. The predicted molar refractivity (Wildman–Crippen MR) is 63.1 cm³/mol. The van der Waals surface area contributed by atoms with Crippen LogP contribution in [-0.2, 0) is 9.57 Å². The van der Waals surface area contributed by atoms with Crippen LogP contribution in [0.15, 0.2) is 24.3 Å². The highest BCUT2D eigenvalue weighted by Gasteiger charge is 2.19. The van der Waals surface area contributed by atoms with Crippen LogP contribution in [0.4, 0.5) is 0 Å². The third kappa shape index (κ3) is 2.95. The summed E-state index contributed by atoms with van der Waals surface area (Å²) in [5.74, 6) is 0. The molecule has 1 heterocycles. The largest absolute Gasteiger partial charge is 0.347 e. The lowest BCUT2D eigenvalue weighted by atomic mass is 10.2. The second kappa shape index (κ2) is 5.64. The molecule has 0 spiro atoms. The lowest BCUT2D eigenvalue weighted by Gasteiger charge is -2.22. The normalized spacial score (nSPS) is 23.0. The lowest BCUT2D eigenvalue weighted by Crippen LogP contribution is -2.25. The quantitative estimate of drug-likeness (QED) is 0.795. The summed E-state index contributed by atoms with van der Waals surface area (Å²) in [4.78, 5) is 5.75. The molecule has 16 heavy (non-hydrogen) atoms. The summed E-state index contributed by atoms with van der Waals surface area (Å²) in [6.45, 7) is 4.59. The Morgan fingerprint density at radius 2 is 2.12 bits per heavy atom. The Morgan fingerprint density at radius 1 is 1.38 bits per heavy atom. The van der Waals surface area contributed by atoms with E-state index >= 15 is 0 Å². The molecule has 1 aliphatic rings. The van der Waals surface area contributed by atoms with Gasteiger partial charge < -0.3 is 4.74 Å². The van der Waals surface area contributed by atoms with E-state index in [0.29, 0.717) is 0 Å². The average molecular weight is 242 g/mol. The zero-order valence-electron chi connectivity index (χ0n) is 9.36. The number of ether oxygens (including phenoxy) is 1. The molecule has 1 aromatic rings. The first-order valence-corrected chi connectivity index (χ1v) is 5.96. The van der Waals surface area contributed by atoms with Gasteiger partial charge in [0, 0.05) is 23.7 Å². The van der Waals surface area contributed by atoms with E-state index in [1.54, 1.807) is 0 Å². The van der Waals surface area contributed by atoms with Crippen LogP contribution in [0.2, 0.25) is 5.02 Å². The van der Waals surface area contributed by atoms with Crippen LogP contribution in [0.5, 0.6) is 0 Å². The molecule has 1 fully saturated rings. The van der Waals surface area contributed by atoms with E-state index in [1.807, 2.05) is 29.3 Å². The molecule has 0 saturated carbocycles. The van der Waals surface area contributed by atoms with Gasteiger partial charge in [0.25, 0.3) is 0 Å². The van der Waals surface area contributed by atoms with Gasteiger partial charge in [-0.2, -0.15) is 5.06 Å². The Hall–Kier alpha value is -0.610. The maximum atomic E-state index is 5.85. The SMILES string of the molecule is CCN1CCCOC(c2ccc(Cl)cc2)O1. The number of halogens is 1. The van der Waals surface area contributed by atoms with Gasteiger partial charge in [0.15, 0.2) is 0 Å². The fraction of sp³-hybridized carbons (Fsp3) is 0.500. The fourth-order valence-corrected chi connectivity index (χ4v) is 1.79. The van der Waals surface area contributed by atoms with E-state index in [9.17, 15) is 0 Å². The first kappa shape index (κ1) is 11.9. The minimum Gasteiger partial charge on any atom is -0.347 e. The first-order valence-electron chi connectivity index (χ1n) is 5.58. The highest BCUT2D eigenvalue weighted by Crippen LogP contribution is 2.24. The standard InChI is InChI=1S/C12H16ClNO2/c1-2-14-8-3-9-15-12(16-14)10-4-6-11(13)7-5-10/h4-7,12H,2-3,8-9H2,1H3. The van der Waals surface area contributed by atoms with Crippen LogP contribution >= 0.6 is 11.6 Å². The number of hydroxylamine groups is 2. The molecule has 0 bridgehead atoms. The van der Waals surface area contributed by atoms with E-state index in [-0.39, 0.29) is 6.29 Å². The maximum absolute atomic E-state index is 5.85. The second-order valence-electron chi connectivity index (χ2n) is 3.73. The van der Waals surface area contributed by atoms with E-state index < -0.39 is 0 Å². The van der Waals surface area contributed by atoms with Gasteiger partial charge in [0.05, 0.1) is 6.61 Å². The van der Waals surface area contributed by atoms with Crippen molar-refractivity contribution in [2.45, 2.75) is 19.6 Å². The Labute approximate surface area is 101 Å². The minimum absolute atomic E-state index is 0.306. The first-order chi connectivity index (χ1) is 7.79. The third-order valence-electron chi connectivity index (χ3n) is 2.56. The van der Waals surface area contributed by atoms with Crippen molar-refractivity contribution in [1.82, 2.24) is 5.06 Å². The molecule has 1 atom stereocenters. The molecule has 1 unspecified atom stereocenters. The molecular formula is C12H16ClNO2.